The maximum Gasteiger partial charge on any atom is 0.363 e. The smallest absolute Gasteiger partial charge is 0.363 e. The Morgan fingerprint density at radius 1 is 1.00 bits per heavy atom. The molecular weight excluding hydrogens is 449 g/mol. The van der Waals surface area contributed by atoms with Crippen LogP contribution in [0.5, 0.6) is 17.2 Å². The minimum atomic E-state index is -0.583. The number of halogens is 2. The van der Waals surface area contributed by atoms with E-state index in [2.05, 4.69) is 4.99 Å². The van der Waals surface area contributed by atoms with Crippen molar-refractivity contribution in [2.24, 2.45) is 4.99 Å². The summed E-state index contributed by atoms with van der Waals surface area (Å²) in [4.78, 5) is 17.3. The van der Waals surface area contributed by atoms with Gasteiger partial charge in [-0.1, -0.05) is 23.2 Å². The van der Waals surface area contributed by atoms with Crippen molar-refractivity contribution in [2.45, 2.75) is 0 Å². The van der Waals surface area contributed by atoms with Gasteiger partial charge in [-0.3, -0.25) is 0 Å². The zero-order valence-corrected chi connectivity index (χ0v) is 18.4. The van der Waals surface area contributed by atoms with E-state index in [1.165, 1.54) is 25.6 Å². The van der Waals surface area contributed by atoms with E-state index in [-0.39, 0.29) is 11.6 Å². The lowest BCUT2D eigenvalue weighted by atomic mass is 10.1. The van der Waals surface area contributed by atoms with Gasteiger partial charge in [0.25, 0.3) is 0 Å². The normalized spacial score (nSPS) is 14.8. The predicted octanol–water partition coefficient (Wildman–Crippen LogP) is 5.58. The largest absolute Gasteiger partial charge is 0.497 e. The highest BCUT2D eigenvalue weighted by molar-refractivity contribution is 7.22. The van der Waals surface area contributed by atoms with Crippen LogP contribution in [0.15, 0.2) is 41.0 Å². The second-order valence-electron chi connectivity index (χ2n) is 6.15. The van der Waals surface area contributed by atoms with Gasteiger partial charge in [0.15, 0.2) is 5.70 Å². The molecule has 1 aromatic heterocycles. The van der Waals surface area contributed by atoms with E-state index in [0.717, 1.165) is 10.1 Å². The monoisotopic (exact) mass is 463 g/mol. The highest BCUT2D eigenvalue weighted by atomic mass is 35.5. The molecule has 1 aliphatic rings. The van der Waals surface area contributed by atoms with Crippen LogP contribution < -0.4 is 14.2 Å². The van der Waals surface area contributed by atoms with Gasteiger partial charge < -0.3 is 18.9 Å². The minimum absolute atomic E-state index is 0.125. The summed E-state index contributed by atoms with van der Waals surface area (Å²) in [5.41, 5.74) is 0.788. The minimum Gasteiger partial charge on any atom is -0.497 e. The van der Waals surface area contributed by atoms with Gasteiger partial charge in [0.2, 0.25) is 5.90 Å². The number of methoxy groups -OCH3 is 3. The Morgan fingerprint density at radius 3 is 2.47 bits per heavy atom. The van der Waals surface area contributed by atoms with E-state index in [1.54, 1.807) is 43.5 Å². The van der Waals surface area contributed by atoms with E-state index >= 15 is 0 Å². The number of cyclic esters (lactones) is 1. The first-order chi connectivity index (χ1) is 14.5. The van der Waals surface area contributed by atoms with Crippen molar-refractivity contribution < 1.29 is 23.7 Å². The molecule has 0 bridgehead atoms. The maximum atomic E-state index is 12.4. The quantitative estimate of drug-likeness (QED) is 0.365. The molecule has 0 spiro atoms. The van der Waals surface area contributed by atoms with Crippen LogP contribution in [0.1, 0.15) is 10.4 Å². The van der Waals surface area contributed by atoms with Crippen molar-refractivity contribution in [3.63, 3.8) is 0 Å². The Hall–Kier alpha value is -2.74. The Bertz CT molecular complexity index is 1230. The summed E-state index contributed by atoms with van der Waals surface area (Å²) in [6.07, 6.45) is 1.59. The van der Waals surface area contributed by atoms with Crippen LogP contribution in [0.2, 0.25) is 10.0 Å². The number of esters is 1. The second-order valence-corrected chi connectivity index (χ2v) is 7.92. The molecule has 4 rings (SSSR count). The Balaban J connectivity index is 1.77. The molecule has 0 saturated carbocycles. The number of fused-ring (bicyclic) bond motifs is 1. The number of carbonyl (C=O) groups excluding carboxylic acids is 1. The highest BCUT2D eigenvalue weighted by Crippen LogP contribution is 2.44. The molecule has 0 saturated heterocycles. The van der Waals surface area contributed by atoms with E-state index in [4.69, 9.17) is 42.1 Å². The summed E-state index contributed by atoms with van der Waals surface area (Å²) in [5.74, 6) is 1.25. The molecule has 2 aromatic carbocycles. The molecule has 0 aliphatic carbocycles. The zero-order chi connectivity index (χ0) is 21.4. The van der Waals surface area contributed by atoms with Gasteiger partial charge in [0, 0.05) is 17.0 Å². The third-order valence-electron chi connectivity index (χ3n) is 4.47. The first-order valence-corrected chi connectivity index (χ1v) is 10.2. The van der Waals surface area contributed by atoms with Gasteiger partial charge in [-0.2, -0.15) is 0 Å². The molecule has 154 valence electrons. The third-order valence-corrected chi connectivity index (χ3v) is 6.67. The van der Waals surface area contributed by atoms with Gasteiger partial charge in [0.05, 0.1) is 31.1 Å². The summed E-state index contributed by atoms with van der Waals surface area (Å²) < 4.78 is 21.9. The lowest BCUT2D eigenvalue weighted by Crippen LogP contribution is -2.04. The number of hydrogen-bond acceptors (Lipinski definition) is 7. The predicted molar refractivity (Wildman–Crippen MR) is 119 cm³/mol. The molecule has 6 nitrogen and oxygen atoms in total. The molecule has 0 unspecified atom stereocenters. The fourth-order valence-corrected chi connectivity index (χ4v) is 4.78. The average Bonchev–Trinajstić information content (AvgIpc) is 3.29. The van der Waals surface area contributed by atoms with Gasteiger partial charge in [-0.25, -0.2) is 9.79 Å². The number of benzene rings is 2. The SMILES string of the molecule is COc1ccc(/C=C2\N=C(c3sc4c(Cl)c(OC)ccc4c3Cl)OC2=O)c(OC)c1. The van der Waals surface area contributed by atoms with Gasteiger partial charge in [0.1, 0.15) is 27.1 Å². The molecule has 0 fully saturated rings. The summed E-state index contributed by atoms with van der Waals surface area (Å²) in [6.45, 7) is 0. The van der Waals surface area contributed by atoms with Gasteiger partial charge in [-0.15, -0.1) is 11.3 Å². The number of aliphatic imine (C=N–C) groups is 1. The standard InChI is InChI=1S/C21H15Cl2NO5S/c1-26-11-5-4-10(15(9-11)28-3)8-13-21(25)29-20(24-13)19-16(22)12-6-7-14(27-2)17(23)18(12)30-19/h4-9H,1-3H3/b13-8-. The topological polar surface area (TPSA) is 66.3 Å². The van der Waals surface area contributed by atoms with E-state index in [0.29, 0.717) is 37.7 Å². The first kappa shape index (κ1) is 20.5. The lowest BCUT2D eigenvalue weighted by molar-refractivity contribution is -0.129. The van der Waals surface area contributed by atoms with Crippen LogP contribution in [-0.2, 0) is 9.53 Å². The van der Waals surface area contributed by atoms with Gasteiger partial charge in [-0.05, 0) is 30.3 Å². The van der Waals surface area contributed by atoms with Crippen LogP contribution in [0.25, 0.3) is 16.2 Å². The van der Waals surface area contributed by atoms with Crippen molar-refractivity contribution in [2.75, 3.05) is 21.3 Å². The molecule has 0 radical (unpaired) electrons. The molecule has 30 heavy (non-hydrogen) atoms. The molecule has 3 aromatic rings. The second kappa shape index (κ2) is 8.18. The fraction of sp³-hybridized carbons (Fsp3) is 0.143. The summed E-state index contributed by atoms with van der Waals surface area (Å²) in [6, 6.07) is 8.78. The van der Waals surface area contributed by atoms with Crippen LogP contribution >= 0.6 is 34.5 Å². The Labute approximate surface area is 186 Å². The summed E-state index contributed by atoms with van der Waals surface area (Å²) >= 11 is 14.2. The number of nitrogens with zero attached hydrogens (tertiary/aromatic N) is 1. The van der Waals surface area contributed by atoms with E-state index < -0.39 is 5.97 Å². The maximum absolute atomic E-state index is 12.4. The summed E-state index contributed by atoms with van der Waals surface area (Å²) in [5, 5.41) is 1.58. The zero-order valence-electron chi connectivity index (χ0n) is 16.1. The molecule has 9 heteroatoms. The first-order valence-electron chi connectivity index (χ1n) is 8.66. The Morgan fingerprint density at radius 2 is 1.77 bits per heavy atom. The molecule has 0 N–H and O–H groups in total. The number of ether oxygens (including phenoxy) is 4. The molecule has 2 heterocycles. The number of thiophene rings is 1. The van der Waals surface area contributed by atoms with Crippen LogP contribution in [0.4, 0.5) is 0 Å². The van der Waals surface area contributed by atoms with Crippen molar-refractivity contribution in [1.82, 2.24) is 0 Å². The van der Waals surface area contributed by atoms with Crippen LogP contribution in [-0.4, -0.2) is 33.2 Å². The van der Waals surface area contributed by atoms with Crippen molar-refractivity contribution in [1.29, 1.82) is 0 Å². The van der Waals surface area contributed by atoms with E-state index in [9.17, 15) is 4.79 Å². The Kier molecular flexibility index (Phi) is 5.60. The van der Waals surface area contributed by atoms with E-state index in [1.807, 2.05) is 0 Å². The van der Waals surface area contributed by atoms with Crippen molar-refractivity contribution >= 4 is 62.6 Å². The molecular formula is C21H15Cl2NO5S. The summed E-state index contributed by atoms with van der Waals surface area (Å²) in [7, 11) is 4.64. The van der Waals surface area contributed by atoms with Crippen LogP contribution in [0, 0.1) is 0 Å². The van der Waals surface area contributed by atoms with Crippen molar-refractivity contribution in [3.05, 3.63) is 56.5 Å². The van der Waals surface area contributed by atoms with Gasteiger partial charge >= 0.3 is 5.97 Å². The number of rotatable bonds is 5. The lowest BCUT2D eigenvalue weighted by Gasteiger charge is -2.07. The fourth-order valence-electron chi connectivity index (χ4n) is 2.97. The molecule has 0 atom stereocenters. The third kappa shape index (κ3) is 3.49. The molecule has 0 amide bonds. The molecule has 1 aliphatic heterocycles. The number of carbonyl (C=O) groups is 1. The van der Waals surface area contributed by atoms with Crippen molar-refractivity contribution in [3.8, 4) is 17.2 Å². The highest BCUT2D eigenvalue weighted by Gasteiger charge is 2.29. The van der Waals surface area contributed by atoms with Crippen LogP contribution in [0.3, 0.4) is 0 Å². The average molecular weight is 464 g/mol. The number of hydrogen-bond donors (Lipinski definition) is 0.